The fourth-order valence-electron chi connectivity index (χ4n) is 2.76. The third-order valence-electron chi connectivity index (χ3n) is 4.33. The first-order valence-electron chi connectivity index (χ1n) is 7.18. The van der Waals surface area contributed by atoms with E-state index in [0.29, 0.717) is 10.8 Å². The molecule has 0 aromatic carbocycles. The summed E-state index contributed by atoms with van der Waals surface area (Å²) in [4.78, 5) is 2.70. The molecule has 1 aliphatic heterocycles. The molecule has 2 nitrogen and oxygen atoms in total. The first kappa shape index (κ1) is 13.7. The summed E-state index contributed by atoms with van der Waals surface area (Å²) < 4.78 is 0.610. The van der Waals surface area contributed by atoms with Crippen molar-refractivity contribution in [2.45, 2.75) is 62.8 Å². The molecule has 0 spiro atoms. The smallest absolute Gasteiger partial charge is 0.0285 e. The Morgan fingerprint density at radius 2 is 2.12 bits per heavy atom. The van der Waals surface area contributed by atoms with E-state index in [-0.39, 0.29) is 0 Å². The molecule has 0 amide bonds. The average Bonchev–Trinajstić information content (AvgIpc) is 3.10. The standard InChI is InChI=1S/C14H28N2S/c1-12(2)16(11-14(17-3)7-8-14)10-13-6-4-5-9-15-13/h12-13,15H,4-11H2,1-3H3. The second-order valence-electron chi connectivity index (χ2n) is 6.06. The minimum Gasteiger partial charge on any atom is -0.313 e. The molecular formula is C14H28N2S. The van der Waals surface area contributed by atoms with E-state index in [9.17, 15) is 0 Å². The van der Waals surface area contributed by atoms with E-state index in [1.807, 2.05) is 0 Å². The van der Waals surface area contributed by atoms with Crippen molar-refractivity contribution in [2.75, 3.05) is 25.9 Å². The lowest BCUT2D eigenvalue weighted by Gasteiger charge is -2.35. The number of nitrogens with one attached hydrogen (secondary N) is 1. The van der Waals surface area contributed by atoms with Gasteiger partial charge < -0.3 is 5.32 Å². The highest BCUT2D eigenvalue weighted by molar-refractivity contribution is 8.00. The summed E-state index contributed by atoms with van der Waals surface area (Å²) in [6.45, 7) is 8.47. The summed E-state index contributed by atoms with van der Waals surface area (Å²) in [5, 5.41) is 3.68. The third kappa shape index (κ3) is 3.87. The molecule has 0 bridgehead atoms. The van der Waals surface area contributed by atoms with Gasteiger partial charge in [-0.25, -0.2) is 0 Å². The van der Waals surface area contributed by atoms with Gasteiger partial charge in [-0.3, -0.25) is 4.90 Å². The van der Waals surface area contributed by atoms with Crippen LogP contribution in [-0.4, -0.2) is 47.6 Å². The lowest BCUT2D eigenvalue weighted by molar-refractivity contribution is 0.183. The second kappa shape index (κ2) is 5.94. The molecule has 17 heavy (non-hydrogen) atoms. The molecule has 0 radical (unpaired) electrons. The fraction of sp³-hybridized carbons (Fsp3) is 1.00. The lowest BCUT2D eigenvalue weighted by Crippen LogP contribution is -2.48. The average molecular weight is 256 g/mol. The van der Waals surface area contributed by atoms with Gasteiger partial charge in [-0.2, -0.15) is 11.8 Å². The maximum Gasteiger partial charge on any atom is 0.0285 e. The summed E-state index contributed by atoms with van der Waals surface area (Å²) >= 11 is 2.08. The van der Waals surface area contributed by atoms with E-state index in [4.69, 9.17) is 0 Å². The molecule has 2 rings (SSSR count). The Morgan fingerprint density at radius 1 is 1.35 bits per heavy atom. The molecule has 0 aromatic heterocycles. The van der Waals surface area contributed by atoms with E-state index in [1.54, 1.807) is 0 Å². The second-order valence-corrected chi connectivity index (χ2v) is 7.33. The van der Waals surface area contributed by atoms with Crippen LogP contribution in [0.2, 0.25) is 0 Å². The number of piperidine rings is 1. The van der Waals surface area contributed by atoms with Gasteiger partial charge in [-0.15, -0.1) is 0 Å². The van der Waals surface area contributed by atoms with E-state index in [1.165, 1.54) is 51.7 Å². The van der Waals surface area contributed by atoms with Gasteiger partial charge in [0.15, 0.2) is 0 Å². The summed E-state index contributed by atoms with van der Waals surface area (Å²) in [5.41, 5.74) is 0. The van der Waals surface area contributed by atoms with Gasteiger partial charge in [0.1, 0.15) is 0 Å². The van der Waals surface area contributed by atoms with Crippen molar-refractivity contribution in [2.24, 2.45) is 0 Å². The minimum absolute atomic E-state index is 0.610. The van der Waals surface area contributed by atoms with Crippen LogP contribution in [0.3, 0.4) is 0 Å². The fourth-order valence-corrected chi connectivity index (χ4v) is 3.56. The van der Waals surface area contributed by atoms with Crippen molar-refractivity contribution in [3.8, 4) is 0 Å². The van der Waals surface area contributed by atoms with E-state index >= 15 is 0 Å². The molecule has 1 saturated heterocycles. The van der Waals surface area contributed by atoms with E-state index < -0.39 is 0 Å². The Hall–Kier alpha value is 0.270. The van der Waals surface area contributed by atoms with Crippen molar-refractivity contribution < 1.29 is 0 Å². The molecule has 1 atom stereocenters. The van der Waals surface area contributed by atoms with Crippen LogP contribution in [0, 0.1) is 0 Å². The normalized spacial score (nSPS) is 27.7. The van der Waals surface area contributed by atoms with Crippen LogP contribution >= 0.6 is 11.8 Å². The molecular weight excluding hydrogens is 228 g/mol. The summed E-state index contributed by atoms with van der Waals surface area (Å²) in [7, 11) is 0. The van der Waals surface area contributed by atoms with Gasteiger partial charge in [0.25, 0.3) is 0 Å². The largest absolute Gasteiger partial charge is 0.313 e. The quantitative estimate of drug-likeness (QED) is 0.787. The summed E-state index contributed by atoms with van der Waals surface area (Å²) in [6, 6.07) is 1.42. The lowest BCUT2D eigenvalue weighted by atomic mass is 10.0. The van der Waals surface area contributed by atoms with Crippen LogP contribution in [0.4, 0.5) is 0 Å². The van der Waals surface area contributed by atoms with E-state index in [2.05, 4.69) is 42.1 Å². The van der Waals surface area contributed by atoms with Gasteiger partial charge in [0, 0.05) is 29.9 Å². The molecule has 1 saturated carbocycles. The van der Waals surface area contributed by atoms with Crippen LogP contribution in [0.25, 0.3) is 0 Å². The molecule has 2 aliphatic rings. The number of rotatable bonds is 6. The van der Waals surface area contributed by atoms with Gasteiger partial charge >= 0.3 is 0 Å². The SMILES string of the molecule is CSC1(CN(CC2CCCCN2)C(C)C)CC1. The molecule has 1 unspecified atom stereocenters. The zero-order chi connectivity index (χ0) is 12.3. The Kier molecular flexibility index (Phi) is 4.79. The Morgan fingerprint density at radius 3 is 2.59 bits per heavy atom. The van der Waals surface area contributed by atoms with E-state index in [0.717, 1.165) is 6.04 Å². The predicted octanol–water partition coefficient (Wildman–Crippen LogP) is 2.73. The van der Waals surface area contributed by atoms with Crippen molar-refractivity contribution in [3.63, 3.8) is 0 Å². The zero-order valence-electron chi connectivity index (χ0n) is 11.7. The number of thioether (sulfide) groups is 1. The van der Waals surface area contributed by atoms with Crippen LogP contribution in [-0.2, 0) is 0 Å². The van der Waals surface area contributed by atoms with Gasteiger partial charge in [-0.05, 0) is 52.3 Å². The Bertz CT molecular complexity index is 232. The molecule has 0 aromatic rings. The zero-order valence-corrected chi connectivity index (χ0v) is 12.5. The van der Waals surface area contributed by atoms with Crippen LogP contribution in [0.15, 0.2) is 0 Å². The number of nitrogens with zero attached hydrogens (tertiary/aromatic N) is 1. The first-order chi connectivity index (χ1) is 8.15. The molecule has 3 heteroatoms. The number of hydrogen-bond donors (Lipinski definition) is 1. The van der Waals surface area contributed by atoms with Crippen LogP contribution < -0.4 is 5.32 Å². The number of hydrogen-bond acceptors (Lipinski definition) is 3. The Balaban J connectivity index is 1.83. The van der Waals surface area contributed by atoms with Crippen molar-refractivity contribution in [3.05, 3.63) is 0 Å². The molecule has 1 aliphatic carbocycles. The molecule has 1 heterocycles. The topological polar surface area (TPSA) is 15.3 Å². The third-order valence-corrected chi connectivity index (χ3v) is 5.73. The van der Waals surface area contributed by atoms with Gasteiger partial charge in [0.05, 0.1) is 0 Å². The maximum atomic E-state index is 3.68. The monoisotopic (exact) mass is 256 g/mol. The van der Waals surface area contributed by atoms with Gasteiger partial charge in [0.2, 0.25) is 0 Å². The van der Waals surface area contributed by atoms with Gasteiger partial charge in [-0.1, -0.05) is 6.42 Å². The Labute approximate surface area is 111 Å². The molecule has 100 valence electrons. The van der Waals surface area contributed by atoms with Crippen LogP contribution in [0.5, 0.6) is 0 Å². The highest BCUT2D eigenvalue weighted by Crippen LogP contribution is 2.47. The van der Waals surface area contributed by atoms with Crippen molar-refractivity contribution in [1.29, 1.82) is 0 Å². The van der Waals surface area contributed by atoms with Crippen molar-refractivity contribution in [1.82, 2.24) is 10.2 Å². The maximum absolute atomic E-state index is 3.68. The van der Waals surface area contributed by atoms with Crippen molar-refractivity contribution >= 4 is 11.8 Å². The molecule has 2 fully saturated rings. The summed E-state index contributed by atoms with van der Waals surface area (Å²) in [6.07, 6.45) is 9.29. The molecule has 1 N–H and O–H groups in total. The van der Waals surface area contributed by atoms with Crippen LogP contribution in [0.1, 0.15) is 46.0 Å². The summed E-state index contributed by atoms with van der Waals surface area (Å²) in [5.74, 6) is 0. The highest BCUT2D eigenvalue weighted by atomic mass is 32.2. The minimum atomic E-state index is 0.610. The highest BCUT2D eigenvalue weighted by Gasteiger charge is 2.43. The first-order valence-corrected chi connectivity index (χ1v) is 8.40. The predicted molar refractivity (Wildman–Crippen MR) is 77.8 cm³/mol.